The minimum atomic E-state index is -0.991. The quantitative estimate of drug-likeness (QED) is 0.271. The van der Waals surface area contributed by atoms with Crippen LogP contribution >= 0.6 is 0 Å². The molecular weight excluding hydrogens is 172 g/mol. The van der Waals surface area contributed by atoms with Crippen molar-refractivity contribution in [2.75, 3.05) is 0 Å². The van der Waals surface area contributed by atoms with Gasteiger partial charge in [0.05, 0.1) is 0 Å². The summed E-state index contributed by atoms with van der Waals surface area (Å²) in [5.74, 6) is -0.314. The van der Waals surface area contributed by atoms with Gasteiger partial charge >= 0.3 is 6.09 Å². The summed E-state index contributed by atoms with van der Waals surface area (Å²) in [6.07, 6.45) is -1.68. The summed E-state index contributed by atoms with van der Waals surface area (Å²) in [6, 6.07) is 0. The molecule has 0 aliphatic rings. The highest BCUT2D eigenvalue weighted by Gasteiger charge is 2.18. The van der Waals surface area contributed by atoms with Crippen molar-refractivity contribution in [2.24, 2.45) is 11.5 Å². The van der Waals surface area contributed by atoms with E-state index in [0.29, 0.717) is 0 Å². The molecule has 1 atom stereocenters. The van der Waals surface area contributed by atoms with Crippen LogP contribution in [0.2, 0.25) is 0 Å². The molecule has 1 amide bonds. The molecule has 0 saturated heterocycles. The average molecular weight is 188 g/mol. The van der Waals surface area contributed by atoms with Crippen molar-refractivity contribution >= 4 is 11.9 Å². The minimum absolute atomic E-state index is 0.314. The van der Waals surface area contributed by atoms with Crippen LogP contribution in [0.5, 0.6) is 0 Å². The van der Waals surface area contributed by atoms with Gasteiger partial charge in [-0.1, -0.05) is 0 Å². The number of alkyl carbamates (subject to hydrolysis) is 1. The number of hydrogen-bond donors (Lipinski definition) is 4. The second-order valence-electron chi connectivity index (χ2n) is 3.58. The SMILES string of the molecule is CC(C)(C)OC(=O)NC(N)C(=N)N. The maximum absolute atomic E-state index is 11.0. The number of hydrogen-bond acceptors (Lipinski definition) is 4. The maximum atomic E-state index is 11.0. The number of carbonyl (C=O) groups excluding carboxylic acids is 1. The molecule has 6 heteroatoms. The molecule has 0 rings (SSSR count). The van der Waals surface area contributed by atoms with Gasteiger partial charge in [-0.2, -0.15) is 0 Å². The predicted octanol–water partition coefficient (Wildman–Crippen LogP) is -0.268. The third-order valence-corrected chi connectivity index (χ3v) is 1.01. The Hall–Kier alpha value is -1.30. The summed E-state index contributed by atoms with van der Waals surface area (Å²) in [7, 11) is 0. The summed E-state index contributed by atoms with van der Waals surface area (Å²) in [5.41, 5.74) is 9.73. The molecule has 0 heterocycles. The zero-order valence-electron chi connectivity index (χ0n) is 8.05. The van der Waals surface area contributed by atoms with Crippen molar-refractivity contribution in [2.45, 2.75) is 32.5 Å². The second kappa shape index (κ2) is 4.08. The third kappa shape index (κ3) is 5.92. The molecule has 0 radical (unpaired) electrons. The summed E-state index contributed by atoms with van der Waals surface area (Å²) < 4.78 is 4.88. The van der Waals surface area contributed by atoms with Gasteiger partial charge in [0.25, 0.3) is 0 Å². The molecule has 0 bridgehead atoms. The second-order valence-corrected chi connectivity index (χ2v) is 3.58. The molecule has 0 saturated carbocycles. The molecule has 0 spiro atoms. The fourth-order valence-electron chi connectivity index (χ4n) is 0.512. The van der Waals surface area contributed by atoms with Crippen LogP contribution in [0.1, 0.15) is 20.8 Å². The van der Waals surface area contributed by atoms with Crippen molar-refractivity contribution in [1.29, 1.82) is 5.41 Å². The Bertz CT molecular complexity index is 209. The highest BCUT2D eigenvalue weighted by molar-refractivity contribution is 5.85. The lowest BCUT2D eigenvalue weighted by atomic mass is 10.2. The molecule has 6 N–H and O–H groups in total. The van der Waals surface area contributed by atoms with Crippen molar-refractivity contribution < 1.29 is 9.53 Å². The molecule has 1 unspecified atom stereocenters. The molecular formula is C7H16N4O2. The van der Waals surface area contributed by atoms with Crippen molar-refractivity contribution in [3.8, 4) is 0 Å². The van der Waals surface area contributed by atoms with Crippen LogP contribution in [0, 0.1) is 5.41 Å². The van der Waals surface area contributed by atoms with Crippen molar-refractivity contribution in [3.63, 3.8) is 0 Å². The van der Waals surface area contributed by atoms with E-state index in [0.717, 1.165) is 0 Å². The molecule has 13 heavy (non-hydrogen) atoms. The van der Waals surface area contributed by atoms with Crippen molar-refractivity contribution in [3.05, 3.63) is 0 Å². The Kier molecular flexibility index (Phi) is 3.68. The van der Waals surface area contributed by atoms with Gasteiger partial charge in [-0.25, -0.2) is 4.79 Å². The summed E-state index contributed by atoms with van der Waals surface area (Å²) in [4.78, 5) is 11.0. The highest BCUT2D eigenvalue weighted by atomic mass is 16.6. The van der Waals surface area contributed by atoms with Gasteiger partial charge in [0.2, 0.25) is 0 Å². The standard InChI is InChI=1S/C7H16N4O2/c1-7(2,3)13-6(12)11-5(10)4(8)9/h5H,10H2,1-3H3,(H3,8,9)(H,11,12). The smallest absolute Gasteiger partial charge is 0.409 e. The van der Waals surface area contributed by atoms with Crippen LogP contribution in [-0.4, -0.2) is 23.7 Å². The van der Waals surface area contributed by atoms with Gasteiger partial charge in [0, 0.05) is 0 Å². The lowest BCUT2D eigenvalue weighted by molar-refractivity contribution is 0.0519. The van der Waals surface area contributed by atoms with Gasteiger partial charge in [-0.05, 0) is 20.8 Å². The number of nitrogens with one attached hydrogen (secondary N) is 2. The fraction of sp³-hybridized carbons (Fsp3) is 0.714. The molecule has 0 aliphatic heterocycles. The van der Waals surface area contributed by atoms with E-state index in [1.54, 1.807) is 20.8 Å². The number of rotatable bonds is 2. The summed E-state index contributed by atoms with van der Waals surface area (Å²) in [6.45, 7) is 5.18. The molecule has 0 fully saturated rings. The minimum Gasteiger partial charge on any atom is -0.444 e. The first kappa shape index (κ1) is 11.7. The number of ether oxygens (including phenoxy) is 1. The fourth-order valence-corrected chi connectivity index (χ4v) is 0.512. The predicted molar refractivity (Wildman–Crippen MR) is 49.3 cm³/mol. The zero-order valence-corrected chi connectivity index (χ0v) is 8.05. The monoisotopic (exact) mass is 188 g/mol. The Morgan fingerprint density at radius 2 is 2.00 bits per heavy atom. The van der Waals surface area contributed by atoms with Crippen LogP contribution in [-0.2, 0) is 4.74 Å². The zero-order chi connectivity index (χ0) is 10.6. The lowest BCUT2D eigenvalue weighted by Gasteiger charge is -2.21. The topological polar surface area (TPSA) is 114 Å². The summed E-state index contributed by atoms with van der Waals surface area (Å²) >= 11 is 0. The number of amidine groups is 1. The van der Waals surface area contributed by atoms with Crippen molar-refractivity contribution in [1.82, 2.24) is 5.32 Å². The van der Waals surface area contributed by atoms with E-state index in [1.807, 2.05) is 0 Å². The third-order valence-electron chi connectivity index (χ3n) is 1.01. The van der Waals surface area contributed by atoms with E-state index in [9.17, 15) is 4.79 Å². The molecule has 0 aromatic carbocycles. The lowest BCUT2D eigenvalue weighted by Crippen LogP contribution is -2.51. The van der Waals surface area contributed by atoms with E-state index in [1.165, 1.54) is 0 Å². The van der Waals surface area contributed by atoms with Gasteiger partial charge in [-0.15, -0.1) is 0 Å². The number of nitrogens with two attached hydrogens (primary N) is 2. The molecule has 76 valence electrons. The van der Waals surface area contributed by atoms with E-state index >= 15 is 0 Å². The maximum Gasteiger partial charge on any atom is 0.409 e. The van der Waals surface area contributed by atoms with E-state index in [-0.39, 0.29) is 5.84 Å². The highest BCUT2D eigenvalue weighted by Crippen LogP contribution is 2.06. The molecule has 0 aliphatic carbocycles. The average Bonchev–Trinajstić information content (AvgIpc) is 1.81. The Morgan fingerprint density at radius 3 is 2.31 bits per heavy atom. The summed E-state index contributed by atoms with van der Waals surface area (Å²) in [5, 5.41) is 9.11. The first-order valence-electron chi connectivity index (χ1n) is 3.81. The van der Waals surface area contributed by atoms with E-state index < -0.39 is 17.9 Å². The van der Waals surface area contributed by atoms with Crippen LogP contribution in [0.4, 0.5) is 4.79 Å². The molecule has 0 aromatic rings. The number of amides is 1. The first-order valence-corrected chi connectivity index (χ1v) is 3.81. The van der Waals surface area contributed by atoms with Gasteiger partial charge < -0.3 is 16.2 Å². The Morgan fingerprint density at radius 1 is 1.54 bits per heavy atom. The van der Waals surface area contributed by atoms with Crippen LogP contribution in [0.15, 0.2) is 0 Å². The van der Waals surface area contributed by atoms with Crippen LogP contribution in [0.25, 0.3) is 0 Å². The Balaban J connectivity index is 3.96. The molecule has 6 nitrogen and oxygen atoms in total. The Labute approximate surface area is 77.1 Å². The van der Waals surface area contributed by atoms with Crippen LogP contribution < -0.4 is 16.8 Å². The molecule has 0 aromatic heterocycles. The normalized spacial score (nSPS) is 13.2. The van der Waals surface area contributed by atoms with E-state index in [2.05, 4.69) is 5.32 Å². The van der Waals surface area contributed by atoms with E-state index in [4.69, 9.17) is 21.6 Å². The first-order chi connectivity index (χ1) is 5.72. The largest absolute Gasteiger partial charge is 0.444 e. The van der Waals surface area contributed by atoms with Gasteiger partial charge in [0.15, 0.2) is 0 Å². The van der Waals surface area contributed by atoms with Crippen LogP contribution in [0.3, 0.4) is 0 Å². The van der Waals surface area contributed by atoms with Gasteiger partial charge in [0.1, 0.15) is 17.6 Å². The number of carbonyl (C=O) groups is 1. The van der Waals surface area contributed by atoms with Gasteiger partial charge in [-0.3, -0.25) is 10.7 Å².